The van der Waals surface area contributed by atoms with Crippen LogP contribution < -0.4 is 4.74 Å². The summed E-state index contributed by atoms with van der Waals surface area (Å²) in [6.07, 6.45) is 1.60. The summed E-state index contributed by atoms with van der Waals surface area (Å²) < 4.78 is 5.74. The number of hydrogen-bond donors (Lipinski definition) is 0. The van der Waals surface area contributed by atoms with Crippen molar-refractivity contribution in [1.82, 2.24) is 0 Å². The van der Waals surface area contributed by atoms with Gasteiger partial charge < -0.3 is 9.57 Å². The van der Waals surface area contributed by atoms with Gasteiger partial charge in [-0.2, -0.15) is 10.5 Å². The second-order valence-corrected chi connectivity index (χ2v) is 5.90. The molecule has 0 saturated carbocycles. The molecule has 0 fully saturated rings. The van der Waals surface area contributed by atoms with Gasteiger partial charge in [-0.25, -0.2) is 0 Å². The zero-order valence-corrected chi connectivity index (χ0v) is 15.1. The summed E-state index contributed by atoms with van der Waals surface area (Å²) >= 11 is 0. The van der Waals surface area contributed by atoms with E-state index < -0.39 is 0 Å². The third-order valence-electron chi connectivity index (χ3n) is 4.05. The van der Waals surface area contributed by atoms with E-state index in [0.29, 0.717) is 23.5 Å². The summed E-state index contributed by atoms with van der Waals surface area (Å²) in [6.45, 7) is 0.568. The van der Waals surface area contributed by atoms with Gasteiger partial charge in [-0.05, 0) is 42.0 Å². The minimum atomic E-state index is 0.236. The highest BCUT2D eigenvalue weighted by Crippen LogP contribution is 2.15. The minimum Gasteiger partial charge on any atom is -0.489 e. The fourth-order valence-corrected chi connectivity index (χ4v) is 2.53. The van der Waals surface area contributed by atoms with Gasteiger partial charge in [0, 0.05) is 11.1 Å². The van der Waals surface area contributed by atoms with E-state index >= 15 is 0 Å². The van der Waals surface area contributed by atoms with Crippen molar-refractivity contribution in [3.8, 4) is 17.9 Å². The molecule has 0 aromatic heterocycles. The van der Waals surface area contributed by atoms with Crippen LogP contribution in [-0.2, 0) is 18.1 Å². The Morgan fingerprint density at radius 2 is 1.32 bits per heavy atom. The van der Waals surface area contributed by atoms with Gasteiger partial charge in [-0.1, -0.05) is 41.6 Å². The maximum absolute atomic E-state index is 9.11. The van der Waals surface area contributed by atoms with Gasteiger partial charge in [0.25, 0.3) is 0 Å². The highest BCUT2D eigenvalue weighted by atomic mass is 16.6. The summed E-state index contributed by atoms with van der Waals surface area (Å²) in [6, 6.07) is 26.3. The molecule has 0 unspecified atom stereocenters. The van der Waals surface area contributed by atoms with Gasteiger partial charge >= 0.3 is 0 Å². The molecule has 0 saturated heterocycles. The lowest BCUT2D eigenvalue weighted by Gasteiger charge is -2.07. The van der Waals surface area contributed by atoms with Crippen LogP contribution in [0.1, 0.15) is 27.8 Å². The largest absolute Gasteiger partial charge is 0.489 e. The summed E-state index contributed by atoms with van der Waals surface area (Å²) in [5.74, 6) is 0.703. The fourth-order valence-electron chi connectivity index (χ4n) is 2.53. The lowest BCUT2D eigenvalue weighted by atomic mass is 10.1. The van der Waals surface area contributed by atoms with Crippen LogP contribution in [0.2, 0.25) is 0 Å². The number of nitriles is 2. The van der Waals surface area contributed by atoms with Crippen LogP contribution in [-0.4, -0.2) is 6.21 Å². The number of oxime groups is 1. The predicted molar refractivity (Wildman–Crippen MR) is 105 cm³/mol. The monoisotopic (exact) mass is 367 g/mol. The molecule has 136 valence electrons. The van der Waals surface area contributed by atoms with Crippen molar-refractivity contribution >= 4 is 6.21 Å². The molecule has 3 aromatic rings. The van der Waals surface area contributed by atoms with Crippen LogP contribution in [0.3, 0.4) is 0 Å². The van der Waals surface area contributed by atoms with Crippen LogP contribution in [0.5, 0.6) is 5.75 Å². The molecule has 0 aliphatic rings. The molecule has 3 rings (SSSR count). The Bertz CT molecular complexity index is 1040. The first kappa shape index (κ1) is 18.7. The zero-order valence-electron chi connectivity index (χ0n) is 15.1. The fraction of sp³-hybridized carbons (Fsp3) is 0.0870. The molecule has 0 amide bonds. The molecule has 0 aliphatic carbocycles. The van der Waals surface area contributed by atoms with Crippen molar-refractivity contribution < 1.29 is 9.57 Å². The van der Waals surface area contributed by atoms with Gasteiger partial charge in [-0.3, -0.25) is 0 Å². The molecule has 0 aliphatic heterocycles. The predicted octanol–water partition coefficient (Wildman–Crippen LogP) is 4.56. The molecule has 0 atom stereocenters. The van der Waals surface area contributed by atoms with Gasteiger partial charge in [0.1, 0.15) is 19.0 Å². The Morgan fingerprint density at radius 3 is 1.93 bits per heavy atom. The number of benzene rings is 3. The average molecular weight is 367 g/mol. The van der Waals surface area contributed by atoms with E-state index in [1.807, 2.05) is 60.7 Å². The second-order valence-electron chi connectivity index (χ2n) is 5.90. The lowest BCUT2D eigenvalue weighted by Crippen LogP contribution is -1.98. The molecule has 0 spiro atoms. The second kappa shape index (κ2) is 9.56. The average Bonchev–Trinajstić information content (AvgIpc) is 2.76. The van der Waals surface area contributed by atoms with Crippen molar-refractivity contribution in [2.75, 3.05) is 0 Å². The number of ether oxygens (including phenoxy) is 1. The molecule has 5 heteroatoms. The Kier molecular flexibility index (Phi) is 6.39. The minimum absolute atomic E-state index is 0.236. The summed E-state index contributed by atoms with van der Waals surface area (Å²) in [5.41, 5.74) is 3.70. The first-order chi connectivity index (χ1) is 13.8. The maximum Gasteiger partial charge on any atom is 0.143 e. The third-order valence-corrected chi connectivity index (χ3v) is 4.05. The number of hydrogen-bond acceptors (Lipinski definition) is 5. The van der Waals surface area contributed by atoms with E-state index in [2.05, 4.69) is 17.3 Å². The summed E-state index contributed by atoms with van der Waals surface area (Å²) in [4.78, 5) is 5.28. The van der Waals surface area contributed by atoms with E-state index in [0.717, 1.165) is 16.7 Å². The molecule has 5 nitrogen and oxygen atoms in total. The third kappa shape index (κ3) is 4.97. The Morgan fingerprint density at radius 1 is 0.750 bits per heavy atom. The topological polar surface area (TPSA) is 78.4 Å². The summed E-state index contributed by atoms with van der Waals surface area (Å²) in [5, 5.41) is 22.1. The van der Waals surface area contributed by atoms with Crippen molar-refractivity contribution in [2.24, 2.45) is 5.16 Å². The van der Waals surface area contributed by atoms with Crippen LogP contribution >= 0.6 is 0 Å². The zero-order chi connectivity index (χ0) is 19.6. The van der Waals surface area contributed by atoms with Crippen molar-refractivity contribution in [3.05, 3.63) is 101 Å². The van der Waals surface area contributed by atoms with Gasteiger partial charge in [0.15, 0.2) is 0 Å². The number of nitrogens with zero attached hydrogens (tertiary/aromatic N) is 3. The van der Waals surface area contributed by atoms with E-state index in [9.17, 15) is 0 Å². The normalized spacial score (nSPS) is 10.2. The smallest absolute Gasteiger partial charge is 0.143 e. The van der Waals surface area contributed by atoms with Crippen molar-refractivity contribution in [2.45, 2.75) is 13.2 Å². The van der Waals surface area contributed by atoms with E-state index in [-0.39, 0.29) is 6.61 Å². The van der Waals surface area contributed by atoms with Crippen molar-refractivity contribution in [1.29, 1.82) is 10.5 Å². The first-order valence-corrected chi connectivity index (χ1v) is 8.64. The molecular weight excluding hydrogens is 350 g/mol. The van der Waals surface area contributed by atoms with Crippen LogP contribution in [0.25, 0.3) is 0 Å². The van der Waals surface area contributed by atoms with E-state index in [4.69, 9.17) is 20.1 Å². The van der Waals surface area contributed by atoms with Gasteiger partial charge in [-0.15, -0.1) is 0 Å². The maximum atomic E-state index is 9.11. The molecule has 3 aromatic carbocycles. The van der Waals surface area contributed by atoms with E-state index in [1.165, 1.54) is 0 Å². The van der Waals surface area contributed by atoms with Gasteiger partial charge in [0.05, 0.1) is 29.5 Å². The first-order valence-electron chi connectivity index (χ1n) is 8.64. The lowest BCUT2D eigenvalue weighted by molar-refractivity contribution is 0.132. The molecule has 0 radical (unpaired) electrons. The molecule has 0 N–H and O–H groups in total. The van der Waals surface area contributed by atoms with Crippen LogP contribution in [0.4, 0.5) is 0 Å². The SMILES string of the molecule is N#Cc1ccccc1CO/N=C\c1ccc(OCc2ccccc2C#N)cc1. The molecular formula is C23H17N3O2. The van der Waals surface area contributed by atoms with Crippen LogP contribution in [0.15, 0.2) is 78.0 Å². The molecule has 0 heterocycles. The number of rotatable bonds is 7. The molecule has 0 bridgehead atoms. The van der Waals surface area contributed by atoms with Crippen molar-refractivity contribution in [3.63, 3.8) is 0 Å². The van der Waals surface area contributed by atoms with Gasteiger partial charge in [0.2, 0.25) is 0 Å². The Labute approximate surface area is 163 Å². The highest BCUT2D eigenvalue weighted by molar-refractivity contribution is 5.79. The highest BCUT2D eigenvalue weighted by Gasteiger charge is 2.02. The quantitative estimate of drug-likeness (QED) is 0.453. The standard InChI is InChI=1S/C23H17N3O2/c24-13-19-5-1-3-7-21(19)16-27-23-11-9-18(10-12-23)15-26-28-17-22-8-4-2-6-20(22)14-25/h1-12,15H,16-17H2/b26-15-. The van der Waals surface area contributed by atoms with Crippen LogP contribution in [0, 0.1) is 22.7 Å². The Balaban J connectivity index is 1.52. The molecule has 28 heavy (non-hydrogen) atoms. The Hall–Kier alpha value is -4.09. The van der Waals surface area contributed by atoms with E-state index in [1.54, 1.807) is 18.3 Å². The summed E-state index contributed by atoms with van der Waals surface area (Å²) in [7, 11) is 0.